The van der Waals surface area contributed by atoms with Crippen LogP contribution in [0, 0.1) is 17.5 Å². The zero-order chi connectivity index (χ0) is 25.7. The minimum atomic E-state index is -0.927. The number of hydrogen-bond donors (Lipinski definition) is 1. The maximum Gasteiger partial charge on any atom is 0.167 e. The molecule has 4 rings (SSSR count). The molecular formula is C31H25F3O2. The fraction of sp³-hybridized carbons (Fsp3) is 0.0968. The van der Waals surface area contributed by atoms with Gasteiger partial charge in [-0.15, -0.1) is 0 Å². The van der Waals surface area contributed by atoms with Crippen LogP contribution in [0.2, 0.25) is 0 Å². The maximum absolute atomic E-state index is 15.0. The van der Waals surface area contributed by atoms with E-state index >= 15 is 0 Å². The number of ether oxygens (including phenoxy) is 1. The lowest BCUT2D eigenvalue weighted by atomic mass is 9.97. The topological polar surface area (TPSA) is 29.5 Å². The average Bonchev–Trinajstić information content (AvgIpc) is 2.89. The van der Waals surface area contributed by atoms with Gasteiger partial charge in [-0.1, -0.05) is 91.5 Å². The molecule has 0 aliphatic carbocycles. The highest BCUT2D eigenvalue weighted by Gasteiger charge is 2.16. The monoisotopic (exact) mass is 486 g/mol. The molecule has 4 aromatic carbocycles. The van der Waals surface area contributed by atoms with Crippen LogP contribution in [0.1, 0.15) is 29.7 Å². The Hall–Kier alpha value is -4.09. The van der Waals surface area contributed by atoms with Crippen molar-refractivity contribution in [3.63, 3.8) is 0 Å². The predicted octanol–water partition coefficient (Wildman–Crippen LogP) is 8.23. The molecule has 5 heteroatoms. The zero-order valence-electron chi connectivity index (χ0n) is 19.7. The summed E-state index contributed by atoms with van der Waals surface area (Å²) >= 11 is 0. The molecule has 36 heavy (non-hydrogen) atoms. The first-order valence-corrected chi connectivity index (χ1v) is 11.5. The Morgan fingerprint density at radius 3 is 1.83 bits per heavy atom. The van der Waals surface area contributed by atoms with Gasteiger partial charge in [0.05, 0.1) is 6.10 Å². The summed E-state index contributed by atoms with van der Waals surface area (Å²) in [6, 6.07) is 21.5. The fourth-order valence-electron chi connectivity index (χ4n) is 3.79. The lowest BCUT2D eigenvalue weighted by Crippen LogP contribution is -1.95. The Kier molecular flexibility index (Phi) is 7.71. The Morgan fingerprint density at radius 2 is 1.31 bits per heavy atom. The van der Waals surface area contributed by atoms with Crippen molar-refractivity contribution in [3.8, 4) is 28.0 Å². The van der Waals surface area contributed by atoms with E-state index in [0.29, 0.717) is 22.3 Å². The van der Waals surface area contributed by atoms with Crippen molar-refractivity contribution >= 4 is 12.2 Å². The summed E-state index contributed by atoms with van der Waals surface area (Å²) in [6.07, 6.45) is 4.47. The summed E-state index contributed by atoms with van der Waals surface area (Å²) in [4.78, 5) is 0. The maximum atomic E-state index is 15.0. The molecule has 0 spiro atoms. The van der Waals surface area contributed by atoms with Crippen LogP contribution < -0.4 is 4.74 Å². The van der Waals surface area contributed by atoms with Crippen LogP contribution in [-0.4, -0.2) is 11.7 Å². The Labute approximate surface area is 208 Å². The molecule has 4 aromatic rings. The molecular weight excluding hydrogens is 461 g/mol. The largest absolute Gasteiger partial charge is 0.486 e. The van der Waals surface area contributed by atoms with Gasteiger partial charge in [-0.2, -0.15) is 0 Å². The van der Waals surface area contributed by atoms with E-state index in [-0.39, 0.29) is 23.5 Å². The molecule has 0 saturated heterocycles. The lowest BCUT2D eigenvalue weighted by molar-refractivity contribution is 0.199. The molecule has 1 atom stereocenters. The van der Waals surface area contributed by atoms with Gasteiger partial charge in [-0.25, -0.2) is 13.2 Å². The summed E-state index contributed by atoms with van der Waals surface area (Å²) in [7, 11) is 0. The van der Waals surface area contributed by atoms with Gasteiger partial charge in [0.2, 0.25) is 0 Å². The van der Waals surface area contributed by atoms with Gasteiger partial charge in [0, 0.05) is 11.1 Å². The van der Waals surface area contributed by atoms with E-state index < -0.39 is 23.6 Å². The van der Waals surface area contributed by atoms with Crippen LogP contribution in [0.15, 0.2) is 91.5 Å². The number of hydrogen-bond acceptors (Lipinski definition) is 2. The summed E-state index contributed by atoms with van der Waals surface area (Å²) in [5.41, 5.74) is 3.55. The van der Waals surface area contributed by atoms with E-state index in [1.807, 2.05) is 0 Å². The predicted molar refractivity (Wildman–Crippen MR) is 139 cm³/mol. The van der Waals surface area contributed by atoms with E-state index in [2.05, 4.69) is 6.58 Å². The van der Waals surface area contributed by atoms with Crippen molar-refractivity contribution < 1.29 is 23.0 Å². The minimum Gasteiger partial charge on any atom is -0.486 e. The Morgan fingerprint density at radius 1 is 0.778 bits per heavy atom. The molecule has 0 aliphatic heterocycles. The van der Waals surface area contributed by atoms with Crippen LogP contribution >= 0.6 is 0 Å². The summed E-state index contributed by atoms with van der Waals surface area (Å²) < 4.78 is 49.3. The van der Waals surface area contributed by atoms with E-state index in [1.165, 1.54) is 6.07 Å². The third kappa shape index (κ3) is 5.58. The molecule has 0 amide bonds. The van der Waals surface area contributed by atoms with Crippen molar-refractivity contribution in [1.82, 2.24) is 0 Å². The van der Waals surface area contributed by atoms with Gasteiger partial charge in [0.1, 0.15) is 6.61 Å². The molecule has 1 unspecified atom stereocenters. The van der Waals surface area contributed by atoms with Gasteiger partial charge in [-0.05, 0) is 46.9 Å². The molecule has 0 heterocycles. The highest BCUT2D eigenvalue weighted by atomic mass is 19.2. The van der Waals surface area contributed by atoms with E-state index in [9.17, 15) is 18.3 Å². The van der Waals surface area contributed by atoms with Crippen molar-refractivity contribution in [2.24, 2.45) is 0 Å². The van der Waals surface area contributed by atoms with Gasteiger partial charge in [0.25, 0.3) is 0 Å². The van der Waals surface area contributed by atoms with E-state index in [0.717, 1.165) is 5.56 Å². The molecule has 0 saturated carbocycles. The molecule has 0 bridgehead atoms. The van der Waals surface area contributed by atoms with Crippen molar-refractivity contribution in [2.75, 3.05) is 6.61 Å². The first kappa shape index (κ1) is 25.0. The molecule has 2 nitrogen and oxygen atoms in total. The summed E-state index contributed by atoms with van der Waals surface area (Å²) in [6.45, 7) is 5.41. The highest BCUT2D eigenvalue weighted by molar-refractivity contribution is 5.74. The van der Waals surface area contributed by atoms with Crippen LogP contribution in [0.25, 0.3) is 34.4 Å². The number of aliphatic hydroxyl groups is 1. The van der Waals surface area contributed by atoms with Crippen LogP contribution in [0.3, 0.4) is 0 Å². The second-order valence-corrected chi connectivity index (χ2v) is 8.33. The Balaban J connectivity index is 1.51. The van der Waals surface area contributed by atoms with Gasteiger partial charge < -0.3 is 9.84 Å². The zero-order valence-corrected chi connectivity index (χ0v) is 19.7. The second kappa shape index (κ2) is 11.1. The summed E-state index contributed by atoms with van der Waals surface area (Å²) in [5, 5.41) is 9.64. The molecule has 0 fully saturated rings. The first-order chi connectivity index (χ1) is 17.4. The molecule has 0 radical (unpaired) electrons. The van der Waals surface area contributed by atoms with Crippen LogP contribution in [-0.2, 0) is 0 Å². The van der Waals surface area contributed by atoms with E-state index in [1.54, 1.807) is 97.9 Å². The first-order valence-electron chi connectivity index (χ1n) is 11.5. The van der Waals surface area contributed by atoms with Crippen molar-refractivity contribution in [1.29, 1.82) is 0 Å². The third-order valence-electron chi connectivity index (χ3n) is 5.79. The van der Waals surface area contributed by atoms with Crippen molar-refractivity contribution in [2.45, 2.75) is 13.0 Å². The standard InChI is InChI=1S/C31H25F3O2/c1-3-18-36-29-17-8-22(19-28(29)32)5-4-21-6-9-24(10-7-21)26-15-16-27(31(34)30(26)33)25-13-11-23(12-14-25)20(2)35/h3-17,19-20,35H,1,18H2,2H3/b5-4+. The average molecular weight is 487 g/mol. The molecule has 0 aliphatic rings. The summed E-state index contributed by atoms with van der Waals surface area (Å²) in [5.74, 6) is -2.16. The van der Waals surface area contributed by atoms with Gasteiger partial charge in [-0.3, -0.25) is 0 Å². The molecule has 1 N–H and O–H groups in total. The Bertz CT molecular complexity index is 1390. The van der Waals surface area contributed by atoms with Crippen LogP contribution in [0.5, 0.6) is 5.75 Å². The number of rotatable bonds is 8. The SMILES string of the molecule is C=CCOc1ccc(/C=C/c2ccc(-c3ccc(-c4ccc(C(C)O)cc4)c(F)c3F)cc2)cc1F. The third-order valence-corrected chi connectivity index (χ3v) is 5.79. The normalized spacial score (nSPS) is 12.0. The van der Waals surface area contributed by atoms with Crippen LogP contribution in [0.4, 0.5) is 13.2 Å². The quantitative estimate of drug-likeness (QED) is 0.201. The smallest absolute Gasteiger partial charge is 0.167 e. The fourth-order valence-corrected chi connectivity index (χ4v) is 3.79. The second-order valence-electron chi connectivity index (χ2n) is 8.33. The van der Waals surface area contributed by atoms with E-state index in [4.69, 9.17) is 4.74 Å². The van der Waals surface area contributed by atoms with Gasteiger partial charge >= 0.3 is 0 Å². The molecule has 182 valence electrons. The molecule has 0 aromatic heterocycles. The highest BCUT2D eigenvalue weighted by Crippen LogP contribution is 2.32. The minimum absolute atomic E-state index is 0.154. The number of benzene rings is 4. The van der Waals surface area contributed by atoms with Crippen molar-refractivity contribution in [3.05, 3.63) is 126 Å². The van der Waals surface area contributed by atoms with Gasteiger partial charge in [0.15, 0.2) is 23.2 Å². The number of halogens is 3. The lowest BCUT2D eigenvalue weighted by Gasteiger charge is -2.11. The number of aliphatic hydroxyl groups excluding tert-OH is 1.